The molecule has 0 spiro atoms. The largest absolute Gasteiger partial charge is 0.467 e. The minimum atomic E-state index is -0.939. The maximum atomic E-state index is 11.9. The fraction of sp³-hybridized carbons (Fsp3) is 0.308. The van der Waals surface area contributed by atoms with Crippen molar-refractivity contribution in [3.05, 3.63) is 35.9 Å². The van der Waals surface area contributed by atoms with Crippen LogP contribution >= 0.6 is 0 Å². The normalized spacial score (nSPS) is 12.9. The van der Waals surface area contributed by atoms with Crippen molar-refractivity contribution in [2.24, 2.45) is 5.73 Å². The second-order valence-electron chi connectivity index (χ2n) is 4.11. The van der Waals surface area contributed by atoms with E-state index in [0.29, 0.717) is 5.56 Å². The number of amides is 3. The molecule has 1 aromatic carbocycles. The highest BCUT2D eigenvalue weighted by Crippen LogP contribution is 2.14. The number of methoxy groups -OCH3 is 1. The number of hydrogen-bond donors (Lipinski definition) is 3. The van der Waals surface area contributed by atoms with Gasteiger partial charge in [-0.3, -0.25) is 4.79 Å². The van der Waals surface area contributed by atoms with Gasteiger partial charge in [-0.1, -0.05) is 30.3 Å². The maximum absolute atomic E-state index is 11.9. The Kier molecular flexibility index (Phi) is 5.52. The second-order valence-corrected chi connectivity index (χ2v) is 4.11. The molecule has 2 unspecified atom stereocenters. The molecule has 0 fully saturated rings. The van der Waals surface area contributed by atoms with Crippen molar-refractivity contribution in [2.75, 3.05) is 7.11 Å². The predicted octanol–water partition coefficient (Wildman–Crippen LogP) is 0.0737. The molecule has 1 aromatic rings. The first-order chi connectivity index (χ1) is 9.45. The van der Waals surface area contributed by atoms with Crippen molar-refractivity contribution in [1.82, 2.24) is 10.6 Å². The smallest absolute Gasteiger partial charge is 0.333 e. The molecule has 4 N–H and O–H groups in total. The Morgan fingerprint density at radius 1 is 1.15 bits per heavy atom. The van der Waals surface area contributed by atoms with Gasteiger partial charge < -0.3 is 21.1 Å². The number of carbonyl (C=O) groups is 3. The van der Waals surface area contributed by atoms with Gasteiger partial charge in [-0.05, 0) is 12.5 Å². The van der Waals surface area contributed by atoms with Crippen molar-refractivity contribution in [2.45, 2.75) is 19.0 Å². The third kappa shape index (κ3) is 4.27. The highest BCUT2D eigenvalue weighted by molar-refractivity contribution is 5.90. The van der Waals surface area contributed by atoms with Crippen molar-refractivity contribution < 1.29 is 19.1 Å². The van der Waals surface area contributed by atoms with Gasteiger partial charge in [0.1, 0.15) is 6.04 Å². The Labute approximate surface area is 116 Å². The van der Waals surface area contributed by atoms with E-state index in [2.05, 4.69) is 15.4 Å². The van der Waals surface area contributed by atoms with E-state index < -0.39 is 30.0 Å². The summed E-state index contributed by atoms with van der Waals surface area (Å²) in [5.74, 6) is -1.14. The molecule has 0 bridgehead atoms. The van der Waals surface area contributed by atoms with E-state index in [4.69, 9.17) is 5.73 Å². The van der Waals surface area contributed by atoms with Gasteiger partial charge in [0.25, 0.3) is 0 Å². The molecule has 3 amide bonds. The lowest BCUT2D eigenvalue weighted by molar-refractivity contribution is -0.145. The molecule has 0 aliphatic rings. The first-order valence-electron chi connectivity index (χ1n) is 5.94. The Bertz CT molecular complexity index is 490. The molecule has 0 saturated heterocycles. The van der Waals surface area contributed by atoms with Gasteiger partial charge in [-0.25, -0.2) is 9.59 Å². The number of urea groups is 1. The van der Waals surface area contributed by atoms with Crippen LogP contribution in [0.2, 0.25) is 0 Å². The molecule has 1 rings (SSSR count). The molecule has 0 saturated carbocycles. The summed E-state index contributed by atoms with van der Waals surface area (Å²) in [5.41, 5.74) is 5.52. The molecular formula is C13H17N3O4. The molecule has 108 valence electrons. The van der Waals surface area contributed by atoms with Crippen LogP contribution in [-0.4, -0.2) is 31.1 Å². The SMILES string of the molecule is COC(=O)C(NC(=O)C(C)NC(N)=O)c1ccccc1. The zero-order valence-electron chi connectivity index (χ0n) is 11.3. The lowest BCUT2D eigenvalue weighted by Crippen LogP contribution is -2.48. The van der Waals surface area contributed by atoms with E-state index in [9.17, 15) is 14.4 Å². The minimum Gasteiger partial charge on any atom is -0.467 e. The number of nitrogens with two attached hydrogens (primary N) is 1. The molecule has 0 aromatic heterocycles. The summed E-state index contributed by atoms with van der Waals surface area (Å²) >= 11 is 0. The second kappa shape index (κ2) is 7.13. The van der Waals surface area contributed by atoms with Gasteiger partial charge in [-0.15, -0.1) is 0 Å². The summed E-state index contributed by atoms with van der Waals surface area (Å²) in [6, 6.07) is 6.03. The monoisotopic (exact) mass is 279 g/mol. The third-order valence-corrected chi connectivity index (χ3v) is 2.61. The van der Waals surface area contributed by atoms with Gasteiger partial charge in [0.15, 0.2) is 6.04 Å². The molecule has 20 heavy (non-hydrogen) atoms. The number of rotatable bonds is 5. The Hall–Kier alpha value is -2.57. The maximum Gasteiger partial charge on any atom is 0.333 e. The van der Waals surface area contributed by atoms with Crippen LogP contribution < -0.4 is 16.4 Å². The average molecular weight is 279 g/mol. The molecule has 0 aliphatic carbocycles. The number of nitrogens with one attached hydrogen (secondary N) is 2. The molecular weight excluding hydrogens is 262 g/mol. The number of hydrogen-bond acceptors (Lipinski definition) is 4. The summed E-state index contributed by atoms with van der Waals surface area (Å²) in [4.78, 5) is 34.3. The Morgan fingerprint density at radius 3 is 2.25 bits per heavy atom. The summed E-state index contributed by atoms with van der Waals surface area (Å²) in [6.45, 7) is 1.46. The van der Waals surface area contributed by atoms with Crippen LogP contribution in [0.25, 0.3) is 0 Å². The quantitative estimate of drug-likeness (QED) is 0.662. The molecule has 7 nitrogen and oxygen atoms in total. The van der Waals surface area contributed by atoms with Crippen molar-refractivity contribution in [3.63, 3.8) is 0 Å². The predicted molar refractivity (Wildman–Crippen MR) is 71.5 cm³/mol. The number of carbonyl (C=O) groups excluding carboxylic acids is 3. The Morgan fingerprint density at radius 2 is 1.75 bits per heavy atom. The number of esters is 1. The van der Waals surface area contributed by atoms with E-state index in [1.165, 1.54) is 14.0 Å². The van der Waals surface area contributed by atoms with Gasteiger partial charge in [-0.2, -0.15) is 0 Å². The number of ether oxygens (including phenoxy) is 1. The molecule has 0 radical (unpaired) electrons. The van der Waals surface area contributed by atoms with Crippen LogP contribution in [0.3, 0.4) is 0 Å². The van der Waals surface area contributed by atoms with E-state index in [1.54, 1.807) is 30.3 Å². The first kappa shape index (κ1) is 15.5. The highest BCUT2D eigenvalue weighted by Gasteiger charge is 2.25. The average Bonchev–Trinajstić information content (AvgIpc) is 2.43. The first-order valence-corrected chi connectivity index (χ1v) is 5.94. The summed E-state index contributed by atoms with van der Waals surface area (Å²) in [7, 11) is 1.23. The summed E-state index contributed by atoms with van der Waals surface area (Å²) in [6.07, 6.45) is 0. The molecule has 7 heteroatoms. The van der Waals surface area contributed by atoms with Crippen LogP contribution in [-0.2, 0) is 14.3 Å². The van der Waals surface area contributed by atoms with Gasteiger partial charge in [0.05, 0.1) is 7.11 Å². The van der Waals surface area contributed by atoms with Gasteiger partial charge >= 0.3 is 12.0 Å². The minimum absolute atomic E-state index is 0.539. The highest BCUT2D eigenvalue weighted by atomic mass is 16.5. The van der Waals surface area contributed by atoms with Gasteiger partial charge in [0.2, 0.25) is 5.91 Å². The van der Waals surface area contributed by atoms with Crippen LogP contribution in [0.4, 0.5) is 4.79 Å². The third-order valence-electron chi connectivity index (χ3n) is 2.61. The van der Waals surface area contributed by atoms with Crippen LogP contribution in [0.5, 0.6) is 0 Å². The van der Waals surface area contributed by atoms with Crippen LogP contribution in [0.15, 0.2) is 30.3 Å². The lowest BCUT2D eigenvalue weighted by Gasteiger charge is -2.19. The van der Waals surface area contributed by atoms with E-state index in [0.717, 1.165) is 0 Å². The molecule has 0 heterocycles. The topological polar surface area (TPSA) is 111 Å². The van der Waals surface area contributed by atoms with E-state index >= 15 is 0 Å². The van der Waals surface area contributed by atoms with E-state index in [-0.39, 0.29) is 0 Å². The number of primary amides is 1. The lowest BCUT2D eigenvalue weighted by atomic mass is 10.1. The van der Waals surface area contributed by atoms with Crippen molar-refractivity contribution >= 4 is 17.9 Å². The number of benzene rings is 1. The molecule has 2 atom stereocenters. The van der Waals surface area contributed by atoms with Crippen LogP contribution in [0, 0.1) is 0 Å². The zero-order valence-corrected chi connectivity index (χ0v) is 11.3. The Balaban J connectivity index is 2.84. The fourth-order valence-corrected chi connectivity index (χ4v) is 1.59. The van der Waals surface area contributed by atoms with Gasteiger partial charge in [0, 0.05) is 0 Å². The zero-order chi connectivity index (χ0) is 15.1. The van der Waals surface area contributed by atoms with Crippen molar-refractivity contribution in [3.8, 4) is 0 Å². The standard InChI is InChI=1S/C13H17N3O4/c1-8(15-13(14)19)11(17)16-10(12(18)20-2)9-6-4-3-5-7-9/h3-8,10H,1-2H3,(H,16,17)(H3,14,15,19). The molecule has 0 aliphatic heterocycles. The summed E-state index contributed by atoms with van der Waals surface area (Å²) < 4.78 is 4.66. The summed E-state index contributed by atoms with van der Waals surface area (Å²) in [5, 5.41) is 4.74. The fourth-order valence-electron chi connectivity index (χ4n) is 1.59. The van der Waals surface area contributed by atoms with E-state index in [1.807, 2.05) is 0 Å². The van der Waals surface area contributed by atoms with Crippen LogP contribution in [0.1, 0.15) is 18.5 Å². The van der Waals surface area contributed by atoms with Crippen molar-refractivity contribution in [1.29, 1.82) is 0 Å².